The predicted molar refractivity (Wildman–Crippen MR) is 92.9 cm³/mol. The van der Waals surface area contributed by atoms with E-state index in [1.807, 2.05) is 27.7 Å². The highest BCUT2D eigenvalue weighted by molar-refractivity contribution is 6.30. The smallest absolute Gasteiger partial charge is 0.410 e. The van der Waals surface area contributed by atoms with Crippen LogP contribution in [0.5, 0.6) is 5.75 Å². The first-order valence-electron chi connectivity index (χ1n) is 7.89. The molecule has 5 nitrogen and oxygen atoms in total. The van der Waals surface area contributed by atoms with E-state index in [0.717, 1.165) is 12.0 Å². The fourth-order valence-corrected chi connectivity index (χ4v) is 2.22. The average Bonchev–Trinajstić information content (AvgIpc) is 2.43. The summed E-state index contributed by atoms with van der Waals surface area (Å²) in [5.41, 5.74) is 0.236. The number of carbonyl (C=O) groups is 1. The minimum Gasteiger partial charge on any atom is -0.508 e. The number of benzene rings is 1. The van der Waals surface area contributed by atoms with Crippen molar-refractivity contribution in [1.29, 1.82) is 0 Å². The van der Waals surface area contributed by atoms with Crippen LogP contribution in [-0.2, 0) is 11.3 Å². The van der Waals surface area contributed by atoms with Crippen LogP contribution in [0.15, 0.2) is 18.2 Å². The van der Waals surface area contributed by atoms with Crippen LogP contribution in [-0.4, -0.2) is 41.3 Å². The molecule has 1 amide bonds. The molecule has 0 atom stereocenters. The van der Waals surface area contributed by atoms with E-state index in [-0.39, 0.29) is 11.8 Å². The van der Waals surface area contributed by atoms with E-state index in [9.17, 15) is 9.90 Å². The molecule has 1 rings (SSSR count). The maximum absolute atomic E-state index is 12.1. The largest absolute Gasteiger partial charge is 0.508 e. The van der Waals surface area contributed by atoms with Crippen molar-refractivity contribution in [3.63, 3.8) is 0 Å². The van der Waals surface area contributed by atoms with Gasteiger partial charge in [0, 0.05) is 36.8 Å². The van der Waals surface area contributed by atoms with Gasteiger partial charge in [-0.2, -0.15) is 0 Å². The maximum Gasteiger partial charge on any atom is 0.410 e. The predicted octanol–water partition coefficient (Wildman–Crippen LogP) is 3.78. The molecule has 0 fully saturated rings. The Kier molecular flexibility index (Phi) is 7.65. The van der Waals surface area contributed by atoms with Gasteiger partial charge in [-0.25, -0.2) is 4.79 Å². The molecule has 0 spiro atoms. The third kappa shape index (κ3) is 7.57. The molecule has 0 saturated heterocycles. The highest BCUT2D eigenvalue weighted by atomic mass is 35.5. The van der Waals surface area contributed by atoms with Gasteiger partial charge in [0.1, 0.15) is 11.4 Å². The maximum atomic E-state index is 12.1. The lowest BCUT2D eigenvalue weighted by Crippen LogP contribution is -2.40. The number of rotatable bonds is 7. The summed E-state index contributed by atoms with van der Waals surface area (Å²) in [7, 11) is 0. The van der Waals surface area contributed by atoms with Crippen molar-refractivity contribution in [3.05, 3.63) is 28.8 Å². The summed E-state index contributed by atoms with van der Waals surface area (Å²) in [5.74, 6) is 0.208. The van der Waals surface area contributed by atoms with E-state index in [2.05, 4.69) is 5.32 Å². The van der Waals surface area contributed by atoms with Gasteiger partial charge in [0.05, 0.1) is 0 Å². The third-order valence-corrected chi connectivity index (χ3v) is 3.30. The number of amides is 1. The van der Waals surface area contributed by atoms with Crippen molar-refractivity contribution >= 4 is 17.7 Å². The number of halogens is 1. The zero-order valence-electron chi connectivity index (χ0n) is 14.4. The van der Waals surface area contributed by atoms with Crippen LogP contribution in [0, 0.1) is 0 Å². The Hall–Kier alpha value is -1.46. The lowest BCUT2D eigenvalue weighted by Gasteiger charge is -2.27. The Morgan fingerprint density at radius 2 is 2.04 bits per heavy atom. The number of hydrogen-bond acceptors (Lipinski definition) is 4. The summed E-state index contributed by atoms with van der Waals surface area (Å²) in [6.45, 7) is 9.88. The fraction of sp³-hybridized carbons (Fsp3) is 0.588. The Labute approximate surface area is 143 Å². The van der Waals surface area contributed by atoms with Crippen LogP contribution in [0.2, 0.25) is 5.02 Å². The zero-order chi connectivity index (χ0) is 17.5. The number of phenolic OH excluding ortho intramolecular Hbond substituents is 1. The first-order valence-corrected chi connectivity index (χ1v) is 8.26. The van der Waals surface area contributed by atoms with Crippen molar-refractivity contribution in [1.82, 2.24) is 10.2 Å². The molecule has 0 unspecified atom stereocenters. The number of hydrogen-bond donors (Lipinski definition) is 2. The van der Waals surface area contributed by atoms with E-state index in [1.54, 1.807) is 23.1 Å². The van der Waals surface area contributed by atoms with E-state index in [1.165, 1.54) is 0 Å². The molecule has 0 saturated carbocycles. The van der Waals surface area contributed by atoms with E-state index >= 15 is 0 Å². The monoisotopic (exact) mass is 342 g/mol. The van der Waals surface area contributed by atoms with Crippen LogP contribution in [0.4, 0.5) is 4.79 Å². The lowest BCUT2D eigenvalue weighted by molar-refractivity contribution is 0.0252. The van der Waals surface area contributed by atoms with Gasteiger partial charge in [-0.3, -0.25) is 0 Å². The number of nitrogens with zero attached hydrogens (tertiary/aromatic N) is 1. The van der Waals surface area contributed by atoms with Gasteiger partial charge in [0.25, 0.3) is 0 Å². The SMILES string of the molecule is CCCN(CCNCc1cc(Cl)ccc1O)C(=O)OC(C)(C)C. The topological polar surface area (TPSA) is 61.8 Å². The molecule has 130 valence electrons. The second kappa shape index (κ2) is 8.99. The van der Waals surface area contributed by atoms with Crippen LogP contribution < -0.4 is 5.32 Å². The second-order valence-electron chi connectivity index (χ2n) is 6.42. The average molecular weight is 343 g/mol. The van der Waals surface area contributed by atoms with Gasteiger partial charge >= 0.3 is 6.09 Å². The number of nitrogens with one attached hydrogen (secondary N) is 1. The Bertz CT molecular complexity index is 515. The van der Waals surface area contributed by atoms with Crippen LogP contribution in [0.1, 0.15) is 39.7 Å². The van der Waals surface area contributed by atoms with Crippen molar-refractivity contribution in [3.8, 4) is 5.75 Å². The summed E-state index contributed by atoms with van der Waals surface area (Å²) in [5, 5.41) is 13.6. The van der Waals surface area contributed by atoms with Gasteiger partial charge < -0.3 is 20.1 Å². The molecule has 0 aliphatic carbocycles. The molecule has 1 aromatic rings. The first kappa shape index (κ1) is 19.6. The molecular formula is C17H27ClN2O3. The van der Waals surface area contributed by atoms with Crippen molar-refractivity contribution in [2.75, 3.05) is 19.6 Å². The summed E-state index contributed by atoms with van der Waals surface area (Å²) in [6.07, 6.45) is 0.570. The molecule has 0 aromatic heterocycles. The molecule has 0 heterocycles. The first-order chi connectivity index (χ1) is 10.7. The van der Waals surface area contributed by atoms with Crippen molar-refractivity contribution in [2.45, 2.75) is 46.3 Å². The molecule has 0 bridgehead atoms. The number of carbonyl (C=O) groups excluding carboxylic acids is 1. The fourth-order valence-electron chi connectivity index (χ4n) is 2.02. The summed E-state index contributed by atoms with van der Waals surface area (Å²) in [6, 6.07) is 4.94. The van der Waals surface area contributed by atoms with Gasteiger partial charge in [-0.15, -0.1) is 0 Å². The number of aromatic hydroxyl groups is 1. The molecule has 0 aliphatic rings. The Morgan fingerprint density at radius 1 is 1.35 bits per heavy atom. The normalized spacial score (nSPS) is 11.3. The number of ether oxygens (including phenoxy) is 1. The summed E-state index contributed by atoms with van der Waals surface area (Å²) < 4.78 is 5.40. The second-order valence-corrected chi connectivity index (χ2v) is 6.85. The quantitative estimate of drug-likeness (QED) is 0.740. The molecule has 6 heteroatoms. The Balaban J connectivity index is 2.46. The zero-order valence-corrected chi connectivity index (χ0v) is 15.1. The summed E-state index contributed by atoms with van der Waals surface area (Å²) in [4.78, 5) is 13.8. The van der Waals surface area contributed by atoms with Gasteiger partial charge in [-0.05, 0) is 45.4 Å². The highest BCUT2D eigenvalue weighted by Gasteiger charge is 2.21. The molecular weight excluding hydrogens is 316 g/mol. The van der Waals surface area contributed by atoms with Crippen LogP contribution >= 0.6 is 11.6 Å². The van der Waals surface area contributed by atoms with Crippen molar-refractivity contribution in [2.24, 2.45) is 0 Å². The van der Waals surface area contributed by atoms with E-state index < -0.39 is 5.60 Å². The standard InChI is InChI=1S/C17H27ClN2O3/c1-5-9-20(16(22)23-17(2,3)4)10-8-19-12-13-11-14(18)6-7-15(13)21/h6-7,11,19,21H,5,8-10,12H2,1-4H3. The highest BCUT2D eigenvalue weighted by Crippen LogP contribution is 2.21. The molecule has 1 aromatic carbocycles. The minimum absolute atomic E-state index is 0.208. The van der Waals surface area contributed by atoms with E-state index in [0.29, 0.717) is 31.2 Å². The molecule has 23 heavy (non-hydrogen) atoms. The third-order valence-electron chi connectivity index (χ3n) is 3.06. The minimum atomic E-state index is -0.497. The van der Waals surface area contributed by atoms with Gasteiger partial charge in [0.2, 0.25) is 0 Å². The van der Waals surface area contributed by atoms with E-state index in [4.69, 9.17) is 16.3 Å². The number of phenols is 1. The Morgan fingerprint density at radius 3 is 2.65 bits per heavy atom. The van der Waals surface area contributed by atoms with Gasteiger partial charge in [-0.1, -0.05) is 18.5 Å². The lowest BCUT2D eigenvalue weighted by atomic mass is 10.2. The van der Waals surface area contributed by atoms with Crippen LogP contribution in [0.3, 0.4) is 0 Å². The summed E-state index contributed by atoms with van der Waals surface area (Å²) >= 11 is 5.92. The van der Waals surface area contributed by atoms with Crippen molar-refractivity contribution < 1.29 is 14.6 Å². The van der Waals surface area contributed by atoms with Crippen LogP contribution in [0.25, 0.3) is 0 Å². The molecule has 0 aliphatic heterocycles. The molecule has 2 N–H and O–H groups in total. The molecule has 0 radical (unpaired) electrons. The van der Waals surface area contributed by atoms with Gasteiger partial charge in [0.15, 0.2) is 0 Å².